The largest absolute Gasteiger partial charge is 0.336 e. The molecule has 2 heterocycles. The Morgan fingerprint density at radius 2 is 1.76 bits per heavy atom. The summed E-state index contributed by atoms with van der Waals surface area (Å²) < 4.78 is 4.82. The molecule has 7 rings (SSSR count). The summed E-state index contributed by atoms with van der Waals surface area (Å²) in [5, 5.41) is 9.59. The van der Waals surface area contributed by atoms with E-state index in [4.69, 9.17) is 5.10 Å². The van der Waals surface area contributed by atoms with Gasteiger partial charge in [0.15, 0.2) is 0 Å². The molecule has 4 fully saturated rings. The molecule has 4 saturated carbocycles. The van der Waals surface area contributed by atoms with E-state index in [0.717, 1.165) is 51.4 Å². The lowest BCUT2D eigenvalue weighted by atomic mass is 9.48. The van der Waals surface area contributed by atoms with E-state index in [-0.39, 0.29) is 11.3 Å². The van der Waals surface area contributed by atoms with Crippen molar-refractivity contribution in [3.8, 4) is 5.69 Å². The number of carbonyl (C=O) groups excluding carboxylic acids is 1. The first-order valence-electron chi connectivity index (χ1n) is 12.6. The van der Waals surface area contributed by atoms with Crippen molar-refractivity contribution >= 4 is 21.8 Å². The molecule has 1 amide bonds. The van der Waals surface area contributed by atoms with Crippen LogP contribution in [0.15, 0.2) is 47.2 Å². The standard InChI is InChI=1S/C27H32BrN5O/c1-3-32-24(23(28)15-29-32)17-31(2)26(34)22-16-33(21-7-5-4-6-8-21)30-25(22)27-12-18-9-19(13-27)11-20(10-18)14-27/h4-8,15-16,18-20H,3,9-14,17H2,1-2H3. The Morgan fingerprint density at radius 3 is 2.38 bits per heavy atom. The van der Waals surface area contributed by atoms with Crippen LogP contribution in [0, 0.1) is 17.8 Å². The van der Waals surface area contributed by atoms with Crippen molar-refractivity contribution in [1.82, 2.24) is 24.5 Å². The third kappa shape index (κ3) is 3.63. The van der Waals surface area contributed by atoms with E-state index in [1.165, 1.54) is 38.5 Å². The molecule has 4 aliphatic rings. The van der Waals surface area contributed by atoms with Gasteiger partial charge in [-0.3, -0.25) is 9.48 Å². The minimum Gasteiger partial charge on any atom is -0.336 e. The van der Waals surface area contributed by atoms with Crippen LogP contribution in [0.4, 0.5) is 0 Å². The fourth-order valence-corrected chi connectivity index (χ4v) is 7.78. The molecule has 0 aliphatic heterocycles. The van der Waals surface area contributed by atoms with E-state index in [0.29, 0.717) is 6.54 Å². The highest BCUT2D eigenvalue weighted by Crippen LogP contribution is 2.61. The maximum atomic E-state index is 14.0. The van der Waals surface area contributed by atoms with E-state index in [2.05, 4.69) is 40.1 Å². The summed E-state index contributed by atoms with van der Waals surface area (Å²) in [7, 11) is 1.89. The zero-order valence-electron chi connectivity index (χ0n) is 20.0. The molecule has 2 aromatic heterocycles. The highest BCUT2D eigenvalue weighted by atomic mass is 79.9. The summed E-state index contributed by atoms with van der Waals surface area (Å²) in [5.41, 5.74) is 3.88. The van der Waals surface area contributed by atoms with Gasteiger partial charge in [-0.15, -0.1) is 0 Å². The molecule has 0 atom stereocenters. The van der Waals surface area contributed by atoms with Gasteiger partial charge in [-0.1, -0.05) is 18.2 Å². The van der Waals surface area contributed by atoms with Crippen molar-refractivity contribution in [3.05, 3.63) is 64.1 Å². The van der Waals surface area contributed by atoms with Gasteiger partial charge in [0.25, 0.3) is 5.91 Å². The number of amides is 1. The maximum absolute atomic E-state index is 14.0. The summed E-state index contributed by atoms with van der Waals surface area (Å²) >= 11 is 3.61. The van der Waals surface area contributed by atoms with Gasteiger partial charge >= 0.3 is 0 Å². The Labute approximate surface area is 209 Å². The summed E-state index contributed by atoms with van der Waals surface area (Å²) in [6.07, 6.45) is 11.5. The fourth-order valence-electron chi connectivity index (χ4n) is 7.36. The number of para-hydroxylation sites is 1. The summed E-state index contributed by atoms with van der Waals surface area (Å²) in [4.78, 5) is 15.8. The molecule has 0 saturated heterocycles. The first kappa shape index (κ1) is 22.1. The molecule has 178 valence electrons. The summed E-state index contributed by atoms with van der Waals surface area (Å²) in [6.45, 7) is 3.34. The molecule has 3 aromatic rings. The fraction of sp³-hybridized carbons (Fsp3) is 0.519. The molecule has 4 aliphatic carbocycles. The molecule has 34 heavy (non-hydrogen) atoms. The molecular formula is C27H32BrN5O. The number of benzene rings is 1. The monoisotopic (exact) mass is 521 g/mol. The van der Waals surface area contributed by atoms with Crippen molar-refractivity contribution in [2.45, 2.75) is 64.0 Å². The maximum Gasteiger partial charge on any atom is 0.257 e. The van der Waals surface area contributed by atoms with Crippen LogP contribution < -0.4 is 0 Å². The van der Waals surface area contributed by atoms with Crippen LogP contribution in [0.25, 0.3) is 5.69 Å². The number of hydrogen-bond donors (Lipinski definition) is 0. The topological polar surface area (TPSA) is 56.0 Å². The average molecular weight is 522 g/mol. The second kappa shape index (κ2) is 8.36. The molecule has 0 radical (unpaired) electrons. The van der Waals surface area contributed by atoms with Crippen LogP contribution in [-0.2, 0) is 18.5 Å². The molecular weight excluding hydrogens is 490 g/mol. The number of aromatic nitrogens is 4. The molecule has 1 aromatic carbocycles. The van der Waals surface area contributed by atoms with Gasteiger partial charge in [-0.05, 0) is 91.3 Å². The first-order chi connectivity index (χ1) is 16.5. The van der Waals surface area contributed by atoms with Crippen molar-refractivity contribution < 1.29 is 4.79 Å². The van der Waals surface area contributed by atoms with Gasteiger partial charge < -0.3 is 4.90 Å². The van der Waals surface area contributed by atoms with Crippen LogP contribution in [0.2, 0.25) is 0 Å². The predicted molar refractivity (Wildman–Crippen MR) is 135 cm³/mol. The third-order valence-electron chi connectivity index (χ3n) is 8.44. The lowest BCUT2D eigenvalue weighted by molar-refractivity contribution is -0.00783. The number of halogens is 1. The van der Waals surface area contributed by atoms with E-state index >= 15 is 0 Å². The zero-order valence-corrected chi connectivity index (χ0v) is 21.5. The normalized spacial score (nSPS) is 27.3. The molecule has 0 N–H and O–H groups in total. The van der Waals surface area contributed by atoms with Crippen molar-refractivity contribution in [2.75, 3.05) is 7.05 Å². The number of rotatable bonds is 6. The Bertz CT molecular complexity index is 1180. The van der Waals surface area contributed by atoms with Crippen LogP contribution in [-0.4, -0.2) is 37.4 Å². The second-order valence-electron chi connectivity index (χ2n) is 10.8. The number of carbonyl (C=O) groups is 1. The van der Waals surface area contributed by atoms with Crippen molar-refractivity contribution in [1.29, 1.82) is 0 Å². The van der Waals surface area contributed by atoms with E-state index in [1.54, 1.807) is 0 Å². The molecule has 0 unspecified atom stereocenters. The van der Waals surface area contributed by atoms with E-state index in [1.807, 2.05) is 51.9 Å². The lowest BCUT2D eigenvalue weighted by Gasteiger charge is -2.56. The number of nitrogens with zero attached hydrogens (tertiary/aromatic N) is 5. The Balaban J connectivity index is 1.39. The van der Waals surface area contributed by atoms with Gasteiger partial charge in [0.2, 0.25) is 0 Å². The highest BCUT2D eigenvalue weighted by molar-refractivity contribution is 9.10. The van der Waals surface area contributed by atoms with Gasteiger partial charge in [0.05, 0.1) is 39.9 Å². The quantitative estimate of drug-likeness (QED) is 0.424. The molecule has 7 heteroatoms. The summed E-state index contributed by atoms with van der Waals surface area (Å²) in [6, 6.07) is 10.2. The Kier molecular flexibility index (Phi) is 5.43. The van der Waals surface area contributed by atoms with Gasteiger partial charge in [-0.25, -0.2) is 4.68 Å². The first-order valence-corrected chi connectivity index (χ1v) is 13.4. The number of hydrogen-bond acceptors (Lipinski definition) is 3. The van der Waals surface area contributed by atoms with Crippen molar-refractivity contribution in [3.63, 3.8) is 0 Å². The highest BCUT2D eigenvalue weighted by Gasteiger charge is 2.54. The van der Waals surface area contributed by atoms with Crippen LogP contribution in [0.5, 0.6) is 0 Å². The minimum atomic E-state index is 0.0451. The van der Waals surface area contributed by atoms with E-state index < -0.39 is 0 Å². The average Bonchev–Trinajstić information content (AvgIpc) is 3.43. The third-order valence-corrected chi connectivity index (χ3v) is 9.10. The summed E-state index contributed by atoms with van der Waals surface area (Å²) in [5.74, 6) is 2.43. The molecule has 0 spiro atoms. The Hall–Kier alpha value is -2.41. The minimum absolute atomic E-state index is 0.0451. The molecule has 4 bridgehead atoms. The van der Waals surface area contributed by atoms with Gasteiger partial charge in [-0.2, -0.15) is 10.2 Å². The smallest absolute Gasteiger partial charge is 0.257 e. The predicted octanol–water partition coefficient (Wildman–Crippen LogP) is 5.59. The van der Waals surface area contributed by atoms with Crippen LogP contribution in [0.3, 0.4) is 0 Å². The second-order valence-corrected chi connectivity index (χ2v) is 11.6. The van der Waals surface area contributed by atoms with Gasteiger partial charge in [0.1, 0.15) is 0 Å². The lowest BCUT2D eigenvalue weighted by Crippen LogP contribution is -2.49. The SMILES string of the molecule is CCn1ncc(Br)c1CN(C)C(=O)c1cn(-c2ccccc2)nc1C12CC3CC(CC(C3)C1)C2. The Morgan fingerprint density at radius 1 is 1.12 bits per heavy atom. The van der Waals surface area contributed by atoms with Crippen LogP contribution in [0.1, 0.15) is 67.2 Å². The zero-order chi connectivity index (χ0) is 23.4. The van der Waals surface area contributed by atoms with Crippen molar-refractivity contribution in [2.24, 2.45) is 17.8 Å². The van der Waals surface area contributed by atoms with Crippen LogP contribution >= 0.6 is 15.9 Å². The number of aryl methyl sites for hydroxylation is 1. The van der Waals surface area contributed by atoms with Gasteiger partial charge in [0, 0.05) is 25.2 Å². The molecule has 6 nitrogen and oxygen atoms in total. The van der Waals surface area contributed by atoms with E-state index in [9.17, 15) is 4.79 Å².